The summed E-state index contributed by atoms with van der Waals surface area (Å²) in [6, 6.07) is 3.09. The first kappa shape index (κ1) is 20.9. The number of hydrogen-bond acceptors (Lipinski definition) is 6. The topological polar surface area (TPSA) is 123 Å². The minimum Gasteiger partial charge on any atom is -0.433 e. The van der Waals surface area contributed by atoms with Gasteiger partial charge in [0.1, 0.15) is 12.6 Å². The number of hydrogen-bond donors (Lipinski definition) is 3. The molecule has 1 saturated heterocycles. The fraction of sp³-hybridized carbons (Fsp3) is 0.500. The van der Waals surface area contributed by atoms with E-state index in [1.54, 1.807) is 0 Å². The van der Waals surface area contributed by atoms with Gasteiger partial charge in [-0.3, -0.25) is 14.4 Å². The highest BCUT2D eigenvalue weighted by molar-refractivity contribution is 5.99. The Kier molecular flexibility index (Phi) is 6.60. The van der Waals surface area contributed by atoms with Crippen molar-refractivity contribution in [2.45, 2.75) is 25.5 Å². The molecule has 3 rings (SSSR count). The maximum Gasteiger partial charge on any atom is 0.387 e. The summed E-state index contributed by atoms with van der Waals surface area (Å²) in [6.45, 7) is -2.95. The van der Waals surface area contributed by atoms with Crippen LogP contribution >= 0.6 is 0 Å². The van der Waals surface area contributed by atoms with E-state index >= 15 is 0 Å². The van der Waals surface area contributed by atoms with Crippen LogP contribution in [0.15, 0.2) is 18.2 Å². The molecule has 1 aliphatic heterocycles. The number of rotatable bonds is 8. The lowest BCUT2D eigenvalue weighted by atomic mass is 10.2. The van der Waals surface area contributed by atoms with Crippen molar-refractivity contribution in [1.29, 1.82) is 0 Å². The molecule has 1 aliphatic carbocycles. The van der Waals surface area contributed by atoms with Crippen molar-refractivity contribution in [3.05, 3.63) is 18.2 Å². The molecule has 158 valence electrons. The van der Waals surface area contributed by atoms with Gasteiger partial charge in [0, 0.05) is 30.8 Å². The summed E-state index contributed by atoms with van der Waals surface area (Å²) in [5, 5.41) is 5.10. The zero-order chi connectivity index (χ0) is 21.0. The molecule has 4 N–H and O–H groups in total. The van der Waals surface area contributed by atoms with E-state index in [0.29, 0.717) is 0 Å². The molecule has 1 atom stereocenters. The predicted molar refractivity (Wildman–Crippen MR) is 98.6 cm³/mol. The van der Waals surface area contributed by atoms with E-state index in [9.17, 15) is 23.2 Å². The van der Waals surface area contributed by atoms with Crippen LogP contribution in [0.5, 0.6) is 5.75 Å². The lowest BCUT2D eigenvalue weighted by Crippen LogP contribution is -2.48. The van der Waals surface area contributed by atoms with Crippen molar-refractivity contribution in [2.75, 3.05) is 36.5 Å². The molecule has 1 heterocycles. The zero-order valence-electron chi connectivity index (χ0n) is 15.5. The Morgan fingerprint density at radius 2 is 2.10 bits per heavy atom. The first-order chi connectivity index (χ1) is 13.9. The number of carbonyl (C=O) groups excluding carboxylic acids is 3. The molecule has 2 fully saturated rings. The van der Waals surface area contributed by atoms with Crippen LogP contribution in [0.3, 0.4) is 0 Å². The number of morpholine rings is 1. The first-order valence-corrected chi connectivity index (χ1v) is 9.17. The number of amides is 3. The van der Waals surface area contributed by atoms with Crippen molar-refractivity contribution in [3.63, 3.8) is 0 Å². The van der Waals surface area contributed by atoms with Gasteiger partial charge in [-0.2, -0.15) is 8.78 Å². The third-order valence-corrected chi connectivity index (χ3v) is 4.54. The average Bonchev–Trinajstić information content (AvgIpc) is 3.52. The Bertz CT molecular complexity index is 788. The van der Waals surface area contributed by atoms with Crippen molar-refractivity contribution < 1.29 is 32.6 Å². The third-order valence-electron chi connectivity index (χ3n) is 4.54. The van der Waals surface area contributed by atoms with Gasteiger partial charge in [0.15, 0.2) is 5.75 Å². The number of alkyl halides is 2. The summed E-state index contributed by atoms with van der Waals surface area (Å²) < 4.78 is 35.3. The molecule has 1 aromatic rings. The Hall–Kier alpha value is -2.79. The second-order valence-corrected chi connectivity index (χ2v) is 6.72. The zero-order valence-corrected chi connectivity index (χ0v) is 15.5. The molecule has 1 aromatic carbocycles. The van der Waals surface area contributed by atoms with Gasteiger partial charge in [-0.05, 0) is 25.0 Å². The number of nitrogens with one attached hydrogen (secondary N) is 2. The maximum atomic E-state index is 12.9. The summed E-state index contributed by atoms with van der Waals surface area (Å²) in [5.74, 6) is -1.57. The highest BCUT2D eigenvalue weighted by Crippen LogP contribution is 2.33. The van der Waals surface area contributed by atoms with Gasteiger partial charge in [-0.1, -0.05) is 0 Å². The molecule has 29 heavy (non-hydrogen) atoms. The maximum absolute atomic E-state index is 12.9. The summed E-state index contributed by atoms with van der Waals surface area (Å²) in [4.78, 5) is 37.6. The Morgan fingerprint density at radius 1 is 1.34 bits per heavy atom. The highest BCUT2D eigenvalue weighted by Gasteiger charge is 2.32. The van der Waals surface area contributed by atoms with Crippen LogP contribution in [0, 0.1) is 5.92 Å². The summed E-state index contributed by atoms with van der Waals surface area (Å²) >= 11 is 0. The van der Waals surface area contributed by atoms with Crippen molar-refractivity contribution in [2.24, 2.45) is 11.7 Å². The summed E-state index contributed by atoms with van der Waals surface area (Å²) in [6.07, 6.45) is 1.56. The standard InChI is InChI=1S/C18H22F2N4O5/c19-18(20)29-14-7-11(3-4-13(14)24-5-6-28-9-15(24)25)22-17(27)12(8-21)23-16(26)10-1-2-10/h3-4,7,10,12,18H,1-2,5-6,8-9,21H2,(H,22,27)(H,23,26)/t12-/m0/s1. The normalized spacial score (nSPS) is 17.8. The van der Waals surface area contributed by atoms with Gasteiger partial charge in [-0.15, -0.1) is 0 Å². The van der Waals surface area contributed by atoms with Gasteiger partial charge in [0.25, 0.3) is 5.91 Å². The van der Waals surface area contributed by atoms with Crippen LogP contribution < -0.4 is 26.0 Å². The second-order valence-electron chi connectivity index (χ2n) is 6.72. The number of nitrogens with zero attached hydrogens (tertiary/aromatic N) is 1. The molecule has 0 spiro atoms. The predicted octanol–water partition coefficient (Wildman–Crippen LogP) is 0.443. The smallest absolute Gasteiger partial charge is 0.387 e. The third kappa shape index (κ3) is 5.39. The number of halogens is 2. The second kappa shape index (κ2) is 9.14. The summed E-state index contributed by atoms with van der Waals surface area (Å²) in [5.41, 5.74) is 5.88. The lowest BCUT2D eigenvalue weighted by Gasteiger charge is -2.28. The molecule has 11 heteroatoms. The molecule has 0 bridgehead atoms. The molecule has 2 aliphatic rings. The van der Waals surface area contributed by atoms with Crippen LogP contribution in [0.4, 0.5) is 20.2 Å². The fourth-order valence-electron chi connectivity index (χ4n) is 2.87. The number of ether oxygens (including phenoxy) is 2. The van der Waals surface area contributed by atoms with E-state index in [1.165, 1.54) is 23.1 Å². The number of carbonyl (C=O) groups is 3. The quantitative estimate of drug-likeness (QED) is 0.570. The minimum atomic E-state index is -3.12. The van der Waals surface area contributed by atoms with Crippen molar-refractivity contribution >= 4 is 29.1 Å². The van der Waals surface area contributed by atoms with Gasteiger partial charge in [0.05, 0.1) is 12.3 Å². The molecule has 9 nitrogen and oxygen atoms in total. The molecule has 0 aromatic heterocycles. The number of anilines is 2. The molecule has 1 saturated carbocycles. The van der Waals surface area contributed by atoms with Crippen LogP contribution in [0.25, 0.3) is 0 Å². The van der Waals surface area contributed by atoms with Gasteiger partial charge < -0.3 is 30.7 Å². The highest BCUT2D eigenvalue weighted by atomic mass is 19.3. The Labute approximate surface area is 165 Å². The van der Waals surface area contributed by atoms with E-state index in [1.807, 2.05) is 0 Å². The van der Waals surface area contributed by atoms with Crippen LogP contribution in [-0.4, -0.2) is 56.7 Å². The average molecular weight is 412 g/mol. The van der Waals surface area contributed by atoms with Gasteiger partial charge in [0.2, 0.25) is 11.8 Å². The monoisotopic (exact) mass is 412 g/mol. The lowest BCUT2D eigenvalue weighted by molar-refractivity contribution is -0.127. The molecular weight excluding hydrogens is 390 g/mol. The van der Waals surface area contributed by atoms with E-state index in [2.05, 4.69) is 15.4 Å². The summed E-state index contributed by atoms with van der Waals surface area (Å²) in [7, 11) is 0. The Balaban J connectivity index is 1.75. The first-order valence-electron chi connectivity index (χ1n) is 9.17. The Morgan fingerprint density at radius 3 is 2.72 bits per heavy atom. The minimum absolute atomic E-state index is 0.0896. The molecular formula is C18H22F2N4O5. The van der Waals surface area contributed by atoms with Crippen LogP contribution in [0.1, 0.15) is 12.8 Å². The van der Waals surface area contributed by atoms with E-state index < -0.39 is 24.5 Å². The van der Waals surface area contributed by atoms with Gasteiger partial charge >= 0.3 is 6.61 Å². The molecule has 0 radical (unpaired) electrons. The van der Waals surface area contributed by atoms with E-state index in [4.69, 9.17) is 10.5 Å². The SMILES string of the molecule is NC[C@H](NC(=O)C1CC1)C(=O)Nc1ccc(N2CCOCC2=O)c(OC(F)F)c1. The van der Waals surface area contributed by atoms with Gasteiger partial charge in [-0.25, -0.2) is 0 Å². The largest absolute Gasteiger partial charge is 0.433 e. The number of nitrogens with two attached hydrogens (primary N) is 1. The van der Waals surface area contributed by atoms with E-state index in [0.717, 1.165) is 12.8 Å². The number of benzene rings is 1. The van der Waals surface area contributed by atoms with Crippen molar-refractivity contribution in [3.8, 4) is 5.75 Å². The van der Waals surface area contributed by atoms with Crippen LogP contribution in [-0.2, 0) is 19.1 Å². The molecule has 0 unspecified atom stereocenters. The van der Waals surface area contributed by atoms with E-state index in [-0.39, 0.29) is 55.3 Å². The molecule has 3 amide bonds. The fourth-order valence-corrected chi connectivity index (χ4v) is 2.87. The van der Waals surface area contributed by atoms with Crippen LogP contribution in [0.2, 0.25) is 0 Å². The van der Waals surface area contributed by atoms with Crippen molar-refractivity contribution in [1.82, 2.24) is 5.32 Å².